The molecule has 6 heteroatoms. The van der Waals surface area contributed by atoms with Crippen LogP contribution in [0.1, 0.15) is 19.8 Å². The molecule has 0 saturated heterocycles. The molecule has 1 aliphatic rings. The first-order valence-corrected chi connectivity index (χ1v) is 8.31. The van der Waals surface area contributed by atoms with Crippen LogP contribution in [0.3, 0.4) is 0 Å². The van der Waals surface area contributed by atoms with E-state index in [2.05, 4.69) is 4.98 Å². The highest BCUT2D eigenvalue weighted by Gasteiger charge is 2.56. The van der Waals surface area contributed by atoms with Gasteiger partial charge in [0.05, 0.1) is 20.3 Å². The summed E-state index contributed by atoms with van der Waals surface area (Å²) in [7, 11) is 1.57. The Balaban J connectivity index is 1.78. The fraction of sp³-hybridized carbons (Fsp3) is 0.421. The minimum Gasteiger partial charge on any atom is -0.497 e. The third kappa shape index (κ3) is 4.18. The number of alkyl halides is 2. The second-order valence-corrected chi connectivity index (χ2v) is 5.99. The summed E-state index contributed by atoms with van der Waals surface area (Å²) in [6.45, 7) is 2.65. The van der Waals surface area contributed by atoms with Crippen molar-refractivity contribution in [2.75, 3.05) is 20.3 Å². The molecule has 0 N–H and O–H groups in total. The SMILES string of the molecule is CCOc1ncccc1-c1cc(OC)cc(OCCC2CC2(F)F)c1. The first-order valence-electron chi connectivity index (χ1n) is 8.31. The zero-order chi connectivity index (χ0) is 17.9. The number of hydrogen-bond donors (Lipinski definition) is 0. The van der Waals surface area contributed by atoms with Crippen LogP contribution in [-0.2, 0) is 0 Å². The highest BCUT2D eigenvalue weighted by molar-refractivity contribution is 5.71. The second-order valence-electron chi connectivity index (χ2n) is 5.99. The van der Waals surface area contributed by atoms with E-state index in [4.69, 9.17) is 14.2 Å². The summed E-state index contributed by atoms with van der Waals surface area (Å²) >= 11 is 0. The quantitative estimate of drug-likeness (QED) is 0.699. The Hall–Kier alpha value is -2.37. The van der Waals surface area contributed by atoms with Gasteiger partial charge in [0.2, 0.25) is 5.88 Å². The van der Waals surface area contributed by atoms with E-state index in [-0.39, 0.29) is 13.0 Å². The summed E-state index contributed by atoms with van der Waals surface area (Å²) in [6.07, 6.45) is 1.98. The van der Waals surface area contributed by atoms with E-state index in [1.54, 1.807) is 19.4 Å². The van der Waals surface area contributed by atoms with E-state index < -0.39 is 11.8 Å². The Morgan fingerprint density at radius 1 is 1.20 bits per heavy atom. The van der Waals surface area contributed by atoms with Gasteiger partial charge in [0.15, 0.2) is 0 Å². The fourth-order valence-corrected chi connectivity index (χ4v) is 2.69. The molecular weight excluding hydrogens is 328 g/mol. The maximum atomic E-state index is 12.9. The number of benzene rings is 1. The van der Waals surface area contributed by atoms with Crippen LogP contribution < -0.4 is 14.2 Å². The number of ether oxygens (including phenoxy) is 3. The van der Waals surface area contributed by atoms with Gasteiger partial charge in [0.1, 0.15) is 11.5 Å². The van der Waals surface area contributed by atoms with Crippen LogP contribution in [0, 0.1) is 5.92 Å². The van der Waals surface area contributed by atoms with E-state index in [1.807, 2.05) is 31.2 Å². The molecule has 134 valence electrons. The van der Waals surface area contributed by atoms with Gasteiger partial charge in [-0.1, -0.05) is 0 Å². The smallest absolute Gasteiger partial charge is 0.251 e. The summed E-state index contributed by atoms with van der Waals surface area (Å²) in [5.74, 6) is -1.34. The van der Waals surface area contributed by atoms with Crippen molar-refractivity contribution in [1.82, 2.24) is 4.98 Å². The number of nitrogens with zero attached hydrogens (tertiary/aromatic N) is 1. The van der Waals surface area contributed by atoms with Crippen molar-refractivity contribution in [3.8, 4) is 28.5 Å². The van der Waals surface area contributed by atoms with Crippen LogP contribution in [0.15, 0.2) is 36.5 Å². The molecule has 1 saturated carbocycles. The van der Waals surface area contributed by atoms with Crippen molar-refractivity contribution in [3.05, 3.63) is 36.5 Å². The van der Waals surface area contributed by atoms with Crippen molar-refractivity contribution >= 4 is 0 Å². The molecule has 25 heavy (non-hydrogen) atoms. The van der Waals surface area contributed by atoms with Crippen molar-refractivity contribution in [2.45, 2.75) is 25.7 Å². The molecule has 1 fully saturated rings. The first-order chi connectivity index (χ1) is 12.0. The molecule has 3 rings (SSSR count). The zero-order valence-electron chi connectivity index (χ0n) is 14.3. The average molecular weight is 349 g/mol. The van der Waals surface area contributed by atoms with Gasteiger partial charge >= 0.3 is 0 Å². The monoisotopic (exact) mass is 349 g/mol. The van der Waals surface area contributed by atoms with E-state index in [9.17, 15) is 8.78 Å². The van der Waals surface area contributed by atoms with E-state index in [0.717, 1.165) is 11.1 Å². The predicted molar refractivity (Wildman–Crippen MR) is 90.6 cm³/mol. The molecule has 4 nitrogen and oxygen atoms in total. The summed E-state index contributed by atoms with van der Waals surface area (Å²) in [4.78, 5) is 4.25. The number of rotatable bonds is 8. The van der Waals surface area contributed by atoms with Crippen LogP contribution in [0.4, 0.5) is 8.78 Å². The molecular formula is C19H21F2NO3. The molecule has 1 atom stereocenters. The van der Waals surface area contributed by atoms with Gasteiger partial charge in [0, 0.05) is 30.2 Å². The second kappa shape index (κ2) is 7.25. The first kappa shape index (κ1) is 17.5. The van der Waals surface area contributed by atoms with Gasteiger partial charge in [-0.25, -0.2) is 13.8 Å². The molecule has 0 bridgehead atoms. The third-order valence-electron chi connectivity index (χ3n) is 4.17. The van der Waals surface area contributed by atoms with Gasteiger partial charge in [-0.3, -0.25) is 0 Å². The lowest BCUT2D eigenvalue weighted by molar-refractivity contribution is 0.0930. The molecule has 1 heterocycles. The van der Waals surface area contributed by atoms with Crippen LogP contribution in [0.25, 0.3) is 11.1 Å². The predicted octanol–water partition coefficient (Wildman–Crippen LogP) is 4.58. The van der Waals surface area contributed by atoms with E-state index in [0.29, 0.717) is 30.4 Å². The Kier molecular flexibility index (Phi) is 5.06. The summed E-state index contributed by atoms with van der Waals surface area (Å²) < 4.78 is 42.5. The summed E-state index contributed by atoms with van der Waals surface area (Å²) in [5, 5.41) is 0. The fourth-order valence-electron chi connectivity index (χ4n) is 2.69. The number of aromatic nitrogens is 1. The molecule has 0 spiro atoms. The standard InChI is InChI=1S/C19H21F2NO3/c1-3-24-18-17(5-4-7-22-18)13-9-15(23-2)11-16(10-13)25-8-6-14-12-19(14,20)21/h4-5,7,9-11,14H,3,6,8,12H2,1-2H3. The maximum absolute atomic E-state index is 12.9. The largest absolute Gasteiger partial charge is 0.497 e. The Morgan fingerprint density at radius 3 is 2.64 bits per heavy atom. The summed E-state index contributed by atoms with van der Waals surface area (Å²) in [5.41, 5.74) is 1.66. The number of hydrogen-bond acceptors (Lipinski definition) is 4. The lowest BCUT2D eigenvalue weighted by Gasteiger charge is -2.13. The molecule has 1 aromatic carbocycles. The van der Waals surface area contributed by atoms with Crippen molar-refractivity contribution in [3.63, 3.8) is 0 Å². The minimum atomic E-state index is -2.51. The average Bonchev–Trinajstić information content (AvgIpc) is 3.22. The number of pyridine rings is 1. The lowest BCUT2D eigenvalue weighted by Crippen LogP contribution is -2.03. The van der Waals surface area contributed by atoms with Gasteiger partial charge in [-0.05, 0) is 43.2 Å². The van der Waals surface area contributed by atoms with Crippen molar-refractivity contribution in [1.29, 1.82) is 0 Å². The van der Waals surface area contributed by atoms with E-state index >= 15 is 0 Å². The lowest BCUT2D eigenvalue weighted by atomic mass is 10.1. The van der Waals surface area contributed by atoms with Crippen molar-refractivity contribution < 1.29 is 23.0 Å². The molecule has 0 aliphatic heterocycles. The van der Waals surface area contributed by atoms with Crippen LogP contribution >= 0.6 is 0 Å². The van der Waals surface area contributed by atoms with Crippen LogP contribution in [-0.4, -0.2) is 31.2 Å². The normalized spacial score (nSPS) is 17.8. The molecule has 0 radical (unpaired) electrons. The van der Waals surface area contributed by atoms with Crippen LogP contribution in [0.2, 0.25) is 0 Å². The van der Waals surface area contributed by atoms with Gasteiger partial charge in [-0.15, -0.1) is 0 Å². The number of halogens is 2. The zero-order valence-corrected chi connectivity index (χ0v) is 14.3. The van der Waals surface area contributed by atoms with Crippen LogP contribution in [0.5, 0.6) is 17.4 Å². The molecule has 1 unspecified atom stereocenters. The Labute approximate surface area is 145 Å². The topological polar surface area (TPSA) is 40.6 Å². The van der Waals surface area contributed by atoms with E-state index in [1.165, 1.54) is 0 Å². The van der Waals surface area contributed by atoms with Gasteiger partial charge < -0.3 is 14.2 Å². The number of methoxy groups -OCH3 is 1. The van der Waals surface area contributed by atoms with Gasteiger partial charge in [0.25, 0.3) is 5.92 Å². The van der Waals surface area contributed by atoms with Crippen molar-refractivity contribution in [2.24, 2.45) is 5.92 Å². The van der Waals surface area contributed by atoms with Gasteiger partial charge in [-0.2, -0.15) is 0 Å². The molecule has 1 aromatic heterocycles. The highest BCUT2D eigenvalue weighted by Crippen LogP contribution is 2.50. The molecule has 1 aliphatic carbocycles. The third-order valence-corrected chi connectivity index (χ3v) is 4.17. The Morgan fingerprint density at radius 2 is 1.96 bits per heavy atom. The summed E-state index contributed by atoms with van der Waals surface area (Å²) in [6, 6.07) is 9.17. The molecule has 2 aromatic rings. The highest BCUT2D eigenvalue weighted by atomic mass is 19.3. The minimum absolute atomic E-state index is 0.0346. The molecule has 0 amide bonds. The maximum Gasteiger partial charge on any atom is 0.251 e. The Bertz CT molecular complexity index is 736.